The number of hydrogen-bond donors (Lipinski definition) is 0. The van der Waals surface area contributed by atoms with Crippen molar-refractivity contribution in [1.82, 2.24) is 4.57 Å². The van der Waals surface area contributed by atoms with E-state index in [-0.39, 0.29) is 5.91 Å². The van der Waals surface area contributed by atoms with Crippen molar-refractivity contribution in [3.05, 3.63) is 52.3 Å². The van der Waals surface area contributed by atoms with Crippen LogP contribution in [0.4, 0.5) is 0 Å². The molecule has 0 bridgehead atoms. The smallest absolute Gasteiger partial charge is 0.293 e. The second kappa shape index (κ2) is 8.57. The topological polar surface area (TPSA) is 62.1 Å². The first kappa shape index (κ1) is 19.9. The maximum Gasteiger partial charge on any atom is 0.293 e. The van der Waals surface area contributed by atoms with E-state index >= 15 is 0 Å². The van der Waals surface area contributed by atoms with E-state index in [0.717, 1.165) is 10.2 Å². The third-order valence-corrected chi connectivity index (χ3v) is 5.88. The number of halogens is 1. The van der Waals surface area contributed by atoms with E-state index in [1.807, 2.05) is 54.8 Å². The van der Waals surface area contributed by atoms with Crippen LogP contribution in [0, 0.1) is 0 Å². The van der Waals surface area contributed by atoms with E-state index in [9.17, 15) is 4.79 Å². The average Bonchev–Trinajstić information content (AvgIpc) is 3.03. The van der Waals surface area contributed by atoms with Crippen LogP contribution in [-0.4, -0.2) is 35.9 Å². The molecule has 0 fully saturated rings. The minimum Gasteiger partial charge on any atom is -0.482 e. The molecule has 1 aromatic heterocycles. The molecule has 2 heterocycles. The minimum atomic E-state index is -0.806. The summed E-state index contributed by atoms with van der Waals surface area (Å²) in [7, 11) is 0. The van der Waals surface area contributed by atoms with Gasteiger partial charge in [-0.05, 0) is 44.2 Å². The molecular weight excluding hydrogens is 412 g/mol. The Kier molecular flexibility index (Phi) is 5.89. The van der Waals surface area contributed by atoms with Gasteiger partial charge in [-0.3, -0.25) is 4.79 Å². The molecule has 152 valence electrons. The van der Waals surface area contributed by atoms with E-state index in [1.165, 1.54) is 11.3 Å². The van der Waals surface area contributed by atoms with Gasteiger partial charge < -0.3 is 18.8 Å². The molecule has 2 aromatic carbocycles. The highest BCUT2D eigenvalue weighted by Gasteiger charge is 2.34. The molecule has 4 rings (SSSR count). The summed E-state index contributed by atoms with van der Waals surface area (Å²) < 4.78 is 20.2. The quantitative estimate of drug-likeness (QED) is 0.570. The summed E-state index contributed by atoms with van der Waals surface area (Å²) in [4.78, 5) is 18.0. The van der Waals surface area contributed by atoms with Crippen LogP contribution < -0.4 is 14.3 Å². The molecule has 1 amide bonds. The standard InChI is InChI=1S/C21H21ClN2O4S/c1-3-26-11-10-24-15-9-8-14(22)12-18(15)29-21(24)23-20(25)19-13(2)27-16-6-4-5-7-17(16)28-19/h4-9,12-13,19H,3,10-11H2,1-2H3. The molecule has 1 aliphatic rings. The maximum atomic E-state index is 13.0. The molecule has 0 aliphatic carbocycles. The number of hydrogen-bond acceptors (Lipinski definition) is 5. The number of thiazole rings is 1. The van der Waals surface area contributed by atoms with Gasteiger partial charge in [0, 0.05) is 18.2 Å². The molecule has 8 heteroatoms. The number of benzene rings is 2. The third kappa shape index (κ3) is 4.17. The summed E-state index contributed by atoms with van der Waals surface area (Å²) in [6, 6.07) is 13.0. The summed E-state index contributed by atoms with van der Waals surface area (Å²) in [5.41, 5.74) is 0.963. The molecule has 3 aromatic rings. The van der Waals surface area contributed by atoms with Gasteiger partial charge >= 0.3 is 0 Å². The Morgan fingerprint density at radius 1 is 1.24 bits per heavy atom. The van der Waals surface area contributed by atoms with Crippen LogP contribution in [0.15, 0.2) is 47.5 Å². The van der Waals surface area contributed by atoms with Gasteiger partial charge in [0.15, 0.2) is 16.3 Å². The Hall–Kier alpha value is -2.35. The maximum absolute atomic E-state index is 13.0. The second-order valence-electron chi connectivity index (χ2n) is 6.60. The van der Waals surface area contributed by atoms with Crippen molar-refractivity contribution in [1.29, 1.82) is 0 Å². The van der Waals surface area contributed by atoms with Crippen molar-refractivity contribution < 1.29 is 19.0 Å². The predicted octanol–water partition coefficient (Wildman–Crippen LogP) is 4.05. The molecule has 0 saturated carbocycles. The first-order valence-corrected chi connectivity index (χ1v) is 10.6. The highest BCUT2D eigenvalue weighted by atomic mass is 35.5. The third-order valence-electron chi connectivity index (χ3n) is 4.60. The van der Waals surface area contributed by atoms with Crippen molar-refractivity contribution in [3.63, 3.8) is 0 Å². The van der Waals surface area contributed by atoms with Crippen molar-refractivity contribution in [2.24, 2.45) is 4.99 Å². The molecule has 0 spiro atoms. The van der Waals surface area contributed by atoms with Gasteiger partial charge in [-0.2, -0.15) is 4.99 Å². The Labute approximate surface area is 177 Å². The van der Waals surface area contributed by atoms with Gasteiger partial charge in [-0.1, -0.05) is 35.1 Å². The van der Waals surface area contributed by atoms with Gasteiger partial charge in [-0.25, -0.2) is 0 Å². The van der Waals surface area contributed by atoms with Gasteiger partial charge in [-0.15, -0.1) is 0 Å². The van der Waals surface area contributed by atoms with Crippen molar-refractivity contribution in [2.75, 3.05) is 13.2 Å². The molecule has 1 aliphatic heterocycles. The second-order valence-corrected chi connectivity index (χ2v) is 8.05. The lowest BCUT2D eigenvalue weighted by atomic mass is 10.1. The van der Waals surface area contributed by atoms with Crippen molar-refractivity contribution in [3.8, 4) is 11.5 Å². The first-order chi connectivity index (χ1) is 14.1. The van der Waals surface area contributed by atoms with Crippen molar-refractivity contribution in [2.45, 2.75) is 32.6 Å². The van der Waals surface area contributed by atoms with Crippen LogP contribution >= 0.6 is 22.9 Å². The van der Waals surface area contributed by atoms with E-state index in [0.29, 0.717) is 41.1 Å². The number of aromatic nitrogens is 1. The number of fused-ring (bicyclic) bond motifs is 2. The predicted molar refractivity (Wildman–Crippen MR) is 113 cm³/mol. The molecule has 0 saturated heterocycles. The normalized spacial score (nSPS) is 18.9. The van der Waals surface area contributed by atoms with Gasteiger partial charge in [0.05, 0.1) is 16.8 Å². The number of nitrogens with zero attached hydrogens (tertiary/aromatic N) is 2. The Bertz CT molecular complexity index is 1110. The van der Waals surface area contributed by atoms with E-state index in [4.69, 9.17) is 25.8 Å². The lowest BCUT2D eigenvalue weighted by Crippen LogP contribution is -2.43. The largest absolute Gasteiger partial charge is 0.482 e. The van der Waals surface area contributed by atoms with Crippen LogP contribution in [0.1, 0.15) is 13.8 Å². The highest BCUT2D eigenvalue weighted by Crippen LogP contribution is 2.33. The zero-order valence-electron chi connectivity index (χ0n) is 16.1. The number of para-hydroxylation sites is 2. The van der Waals surface area contributed by atoms with E-state index in [2.05, 4.69) is 4.99 Å². The monoisotopic (exact) mass is 432 g/mol. The molecular formula is C21H21ClN2O4S. The van der Waals surface area contributed by atoms with Gasteiger partial charge in [0.25, 0.3) is 5.91 Å². The first-order valence-electron chi connectivity index (χ1n) is 9.44. The van der Waals surface area contributed by atoms with Crippen molar-refractivity contribution >= 4 is 39.1 Å². The number of carbonyl (C=O) groups is 1. The Balaban J connectivity index is 1.69. The Morgan fingerprint density at radius 3 is 2.76 bits per heavy atom. The SMILES string of the molecule is CCOCCn1c(=NC(=O)C2Oc3ccccc3OC2C)sc2cc(Cl)ccc21. The van der Waals surface area contributed by atoms with Gasteiger partial charge in [0.1, 0.15) is 6.10 Å². The molecule has 2 atom stereocenters. The summed E-state index contributed by atoms with van der Waals surface area (Å²) in [5, 5.41) is 0.642. The summed E-state index contributed by atoms with van der Waals surface area (Å²) in [5.74, 6) is 0.800. The van der Waals surface area contributed by atoms with Crippen LogP contribution in [0.25, 0.3) is 10.2 Å². The van der Waals surface area contributed by atoms with Crippen LogP contribution in [0.3, 0.4) is 0 Å². The van der Waals surface area contributed by atoms with Crippen LogP contribution in [0.5, 0.6) is 11.5 Å². The average molecular weight is 433 g/mol. The van der Waals surface area contributed by atoms with E-state index in [1.54, 1.807) is 6.07 Å². The summed E-state index contributed by atoms with van der Waals surface area (Å²) >= 11 is 7.55. The van der Waals surface area contributed by atoms with Gasteiger partial charge in [0.2, 0.25) is 6.10 Å². The zero-order chi connectivity index (χ0) is 20.4. The fourth-order valence-electron chi connectivity index (χ4n) is 3.20. The summed E-state index contributed by atoms with van der Waals surface area (Å²) in [6.07, 6.45) is -1.25. The molecule has 0 N–H and O–H groups in total. The molecule has 6 nitrogen and oxygen atoms in total. The zero-order valence-corrected chi connectivity index (χ0v) is 17.7. The number of amides is 1. The number of rotatable bonds is 5. The fraction of sp³-hybridized carbons (Fsp3) is 0.333. The van der Waals surface area contributed by atoms with Crippen LogP contribution in [-0.2, 0) is 16.1 Å². The molecule has 2 unspecified atom stereocenters. The molecule has 0 radical (unpaired) electrons. The lowest BCUT2D eigenvalue weighted by Gasteiger charge is -2.29. The minimum absolute atomic E-state index is 0.380. The van der Waals surface area contributed by atoms with Crippen LogP contribution in [0.2, 0.25) is 5.02 Å². The number of carbonyl (C=O) groups excluding carboxylic acids is 1. The number of ether oxygens (including phenoxy) is 3. The molecule has 29 heavy (non-hydrogen) atoms. The summed E-state index contributed by atoms with van der Waals surface area (Å²) in [6.45, 7) is 5.50. The lowest BCUT2D eigenvalue weighted by molar-refractivity contribution is -0.130. The highest BCUT2D eigenvalue weighted by molar-refractivity contribution is 7.16. The Morgan fingerprint density at radius 2 is 2.00 bits per heavy atom. The fourth-order valence-corrected chi connectivity index (χ4v) is 4.53. The van der Waals surface area contributed by atoms with E-state index < -0.39 is 12.2 Å².